The molecule has 0 saturated carbocycles. The van der Waals surface area contributed by atoms with Crippen molar-refractivity contribution in [3.8, 4) is 0 Å². The smallest absolute Gasteiger partial charge is 0.255 e. The highest BCUT2D eigenvalue weighted by Gasteiger charge is 2.27. The average Bonchev–Trinajstić information content (AvgIpc) is 2.66. The first kappa shape index (κ1) is 18.4. The van der Waals surface area contributed by atoms with E-state index < -0.39 is 27.6 Å². The Kier molecular flexibility index (Phi) is 5.30. The quantitative estimate of drug-likeness (QED) is 0.880. The minimum absolute atomic E-state index is 0.0167. The van der Waals surface area contributed by atoms with E-state index in [9.17, 15) is 22.0 Å². The predicted molar refractivity (Wildman–Crippen MR) is 90.3 cm³/mol. The highest BCUT2D eigenvalue weighted by atomic mass is 32.2. The fourth-order valence-corrected chi connectivity index (χ4v) is 3.98. The molecule has 9 heteroatoms. The van der Waals surface area contributed by atoms with Crippen LogP contribution in [-0.4, -0.2) is 44.9 Å². The number of sulfonamides is 1. The number of amides is 1. The van der Waals surface area contributed by atoms with E-state index in [2.05, 4.69) is 5.32 Å². The summed E-state index contributed by atoms with van der Waals surface area (Å²) < 4.78 is 58.6. The van der Waals surface area contributed by atoms with Gasteiger partial charge in [0.2, 0.25) is 10.0 Å². The number of ether oxygens (including phenoxy) is 1. The lowest BCUT2D eigenvalue weighted by atomic mass is 10.2. The van der Waals surface area contributed by atoms with Gasteiger partial charge >= 0.3 is 0 Å². The number of hydrogen-bond donors (Lipinski definition) is 1. The van der Waals surface area contributed by atoms with Crippen molar-refractivity contribution in [1.82, 2.24) is 4.31 Å². The molecule has 26 heavy (non-hydrogen) atoms. The molecule has 6 nitrogen and oxygen atoms in total. The van der Waals surface area contributed by atoms with Gasteiger partial charge in [0.15, 0.2) is 11.6 Å². The third-order valence-corrected chi connectivity index (χ3v) is 5.80. The average molecular weight is 382 g/mol. The van der Waals surface area contributed by atoms with Gasteiger partial charge in [-0.2, -0.15) is 4.31 Å². The minimum atomic E-state index is -3.77. The molecular formula is C17H16F2N2O4S. The second kappa shape index (κ2) is 7.48. The number of benzene rings is 2. The van der Waals surface area contributed by atoms with Gasteiger partial charge in [0.25, 0.3) is 5.91 Å². The van der Waals surface area contributed by atoms with Crippen molar-refractivity contribution in [2.24, 2.45) is 0 Å². The van der Waals surface area contributed by atoms with Crippen LogP contribution in [0, 0.1) is 11.6 Å². The Labute approximate surface area is 149 Å². The lowest BCUT2D eigenvalue weighted by Crippen LogP contribution is -2.40. The third kappa shape index (κ3) is 3.74. The summed E-state index contributed by atoms with van der Waals surface area (Å²) in [4.78, 5) is 12.3. The van der Waals surface area contributed by atoms with Gasteiger partial charge in [-0.05, 0) is 30.3 Å². The molecule has 138 valence electrons. The molecule has 1 N–H and O–H groups in total. The molecular weight excluding hydrogens is 366 g/mol. The van der Waals surface area contributed by atoms with Crippen LogP contribution in [0.15, 0.2) is 47.4 Å². The van der Waals surface area contributed by atoms with Crippen molar-refractivity contribution in [3.05, 3.63) is 59.7 Å². The predicted octanol–water partition coefficient (Wildman–Crippen LogP) is 2.24. The Morgan fingerprint density at radius 3 is 2.50 bits per heavy atom. The summed E-state index contributed by atoms with van der Waals surface area (Å²) in [6, 6.07) is 8.80. The zero-order chi connectivity index (χ0) is 18.7. The van der Waals surface area contributed by atoms with E-state index in [-0.39, 0.29) is 29.2 Å². The lowest BCUT2D eigenvalue weighted by Gasteiger charge is -2.26. The van der Waals surface area contributed by atoms with Crippen molar-refractivity contribution >= 4 is 21.6 Å². The maximum Gasteiger partial charge on any atom is 0.255 e. The molecule has 0 atom stereocenters. The number of nitrogens with one attached hydrogen (secondary N) is 1. The highest BCUT2D eigenvalue weighted by Crippen LogP contribution is 2.21. The lowest BCUT2D eigenvalue weighted by molar-refractivity contribution is 0.0730. The van der Waals surface area contributed by atoms with Crippen LogP contribution in [0.3, 0.4) is 0 Å². The van der Waals surface area contributed by atoms with Gasteiger partial charge in [0.1, 0.15) is 0 Å². The van der Waals surface area contributed by atoms with Gasteiger partial charge in [-0.1, -0.05) is 12.1 Å². The van der Waals surface area contributed by atoms with Crippen LogP contribution in [0.1, 0.15) is 10.4 Å². The van der Waals surface area contributed by atoms with Crippen LogP contribution in [0.5, 0.6) is 0 Å². The van der Waals surface area contributed by atoms with Gasteiger partial charge in [-0.25, -0.2) is 17.2 Å². The molecule has 2 aromatic carbocycles. The normalized spacial score (nSPS) is 15.6. The van der Waals surface area contributed by atoms with Gasteiger partial charge in [0.05, 0.1) is 23.8 Å². The molecule has 1 fully saturated rings. The van der Waals surface area contributed by atoms with E-state index in [1.807, 2.05) is 0 Å². The maximum atomic E-state index is 13.7. The number of anilines is 1. The number of nitrogens with zero attached hydrogens (tertiary/aromatic N) is 1. The van der Waals surface area contributed by atoms with E-state index in [0.717, 1.165) is 6.07 Å². The molecule has 1 saturated heterocycles. The molecule has 1 heterocycles. The standard InChI is InChI=1S/C17H16F2N2O4S/c18-14-5-2-6-15(16(14)19)20-17(22)12-3-1-4-13(11-12)26(23,24)21-7-9-25-10-8-21/h1-6,11H,7-10H2,(H,20,22). The van der Waals surface area contributed by atoms with Crippen LogP contribution < -0.4 is 5.32 Å². The number of halogens is 2. The van der Waals surface area contributed by atoms with E-state index in [0.29, 0.717) is 13.2 Å². The first-order chi connectivity index (χ1) is 12.4. The SMILES string of the molecule is O=C(Nc1cccc(F)c1F)c1cccc(S(=O)(=O)N2CCOCC2)c1. The summed E-state index contributed by atoms with van der Waals surface area (Å²) in [6.07, 6.45) is 0. The highest BCUT2D eigenvalue weighted by molar-refractivity contribution is 7.89. The molecule has 1 aliphatic heterocycles. The summed E-state index contributed by atoms with van der Waals surface area (Å²) in [7, 11) is -3.77. The van der Waals surface area contributed by atoms with Gasteiger partial charge < -0.3 is 10.1 Å². The molecule has 2 aromatic rings. The first-order valence-corrected chi connectivity index (χ1v) is 9.27. The topological polar surface area (TPSA) is 75.7 Å². The molecule has 0 aliphatic carbocycles. The minimum Gasteiger partial charge on any atom is -0.379 e. The molecule has 0 spiro atoms. The van der Waals surface area contributed by atoms with Crippen LogP contribution in [0.25, 0.3) is 0 Å². The maximum absolute atomic E-state index is 13.7. The second-order valence-electron chi connectivity index (χ2n) is 5.60. The first-order valence-electron chi connectivity index (χ1n) is 7.83. The molecule has 1 amide bonds. The monoisotopic (exact) mass is 382 g/mol. The summed E-state index contributed by atoms with van der Waals surface area (Å²) in [6.45, 7) is 1.07. The Morgan fingerprint density at radius 1 is 1.08 bits per heavy atom. The second-order valence-corrected chi connectivity index (χ2v) is 7.54. The van der Waals surface area contributed by atoms with Gasteiger partial charge in [-0.3, -0.25) is 4.79 Å². The molecule has 0 unspecified atom stereocenters. The molecule has 0 bridgehead atoms. The van der Waals surface area contributed by atoms with Crippen LogP contribution in [-0.2, 0) is 14.8 Å². The van der Waals surface area contributed by atoms with E-state index >= 15 is 0 Å². The largest absolute Gasteiger partial charge is 0.379 e. The number of carbonyl (C=O) groups is 1. The van der Waals surface area contributed by atoms with E-state index in [4.69, 9.17) is 4.74 Å². The number of morpholine rings is 1. The van der Waals surface area contributed by atoms with Crippen molar-refractivity contribution in [2.75, 3.05) is 31.6 Å². The number of carbonyl (C=O) groups excluding carboxylic acids is 1. The van der Waals surface area contributed by atoms with Crippen molar-refractivity contribution in [1.29, 1.82) is 0 Å². The zero-order valence-electron chi connectivity index (χ0n) is 13.6. The Bertz CT molecular complexity index is 928. The number of hydrogen-bond acceptors (Lipinski definition) is 4. The van der Waals surface area contributed by atoms with Crippen LogP contribution >= 0.6 is 0 Å². The number of rotatable bonds is 4. The van der Waals surface area contributed by atoms with Gasteiger partial charge in [0, 0.05) is 18.7 Å². The van der Waals surface area contributed by atoms with Crippen molar-refractivity contribution in [2.45, 2.75) is 4.90 Å². The fourth-order valence-electron chi connectivity index (χ4n) is 2.53. The van der Waals surface area contributed by atoms with Crippen molar-refractivity contribution < 1.29 is 26.7 Å². The summed E-state index contributed by atoms with van der Waals surface area (Å²) in [5, 5.41) is 2.24. The van der Waals surface area contributed by atoms with Crippen LogP contribution in [0.2, 0.25) is 0 Å². The summed E-state index contributed by atoms with van der Waals surface area (Å²) in [5.74, 6) is -3.02. The third-order valence-electron chi connectivity index (χ3n) is 3.90. The van der Waals surface area contributed by atoms with E-state index in [1.54, 1.807) is 0 Å². The molecule has 0 radical (unpaired) electrons. The van der Waals surface area contributed by atoms with E-state index in [1.165, 1.54) is 40.7 Å². The molecule has 0 aromatic heterocycles. The van der Waals surface area contributed by atoms with Crippen LogP contribution in [0.4, 0.5) is 14.5 Å². The van der Waals surface area contributed by atoms with Gasteiger partial charge in [-0.15, -0.1) is 0 Å². The summed E-state index contributed by atoms with van der Waals surface area (Å²) in [5.41, 5.74) is -0.306. The Morgan fingerprint density at radius 2 is 1.77 bits per heavy atom. The molecule has 3 rings (SSSR count). The zero-order valence-corrected chi connectivity index (χ0v) is 14.4. The Hall–Kier alpha value is -2.36. The summed E-state index contributed by atoms with van der Waals surface area (Å²) >= 11 is 0. The Balaban J connectivity index is 1.84. The fraction of sp³-hybridized carbons (Fsp3) is 0.235. The van der Waals surface area contributed by atoms with Crippen molar-refractivity contribution in [3.63, 3.8) is 0 Å². The molecule has 1 aliphatic rings.